The highest BCUT2D eigenvalue weighted by molar-refractivity contribution is 5.81. The van der Waals surface area contributed by atoms with Crippen LogP contribution in [-0.2, 0) is 11.2 Å². The predicted molar refractivity (Wildman–Crippen MR) is 168 cm³/mol. The van der Waals surface area contributed by atoms with Crippen LogP contribution in [0.2, 0.25) is 0 Å². The van der Waals surface area contributed by atoms with Gasteiger partial charge in [0, 0.05) is 23.5 Å². The van der Waals surface area contributed by atoms with E-state index in [-0.39, 0.29) is 6.42 Å². The van der Waals surface area contributed by atoms with E-state index in [0.717, 1.165) is 60.8 Å². The molecule has 1 heterocycles. The zero-order chi connectivity index (χ0) is 30.2. The maximum absolute atomic E-state index is 14.9. The van der Waals surface area contributed by atoms with Crippen LogP contribution in [0.1, 0.15) is 110 Å². The van der Waals surface area contributed by atoms with Gasteiger partial charge >= 0.3 is 5.97 Å². The van der Waals surface area contributed by atoms with Gasteiger partial charge in [0.15, 0.2) is 5.82 Å². The monoisotopic (exact) mass is 578 g/mol. The lowest BCUT2D eigenvalue weighted by molar-refractivity contribution is -0.147. The van der Waals surface area contributed by atoms with Crippen molar-refractivity contribution in [1.29, 1.82) is 0 Å². The molecule has 1 aromatic heterocycles. The number of halogens is 2. The van der Waals surface area contributed by atoms with E-state index in [1.54, 1.807) is 36.7 Å². The Labute approximate surface area is 251 Å². The van der Waals surface area contributed by atoms with E-state index in [9.17, 15) is 13.6 Å². The predicted octanol–water partition coefficient (Wildman–Crippen LogP) is 10.4. The first-order valence-corrected chi connectivity index (χ1v) is 15.9. The smallest absolute Gasteiger partial charge is 0.348 e. The van der Waals surface area contributed by atoms with Crippen LogP contribution in [0, 0.1) is 0 Å². The van der Waals surface area contributed by atoms with Crippen LogP contribution in [0.15, 0.2) is 60.9 Å². The number of aryl methyl sites for hydroxylation is 1. The normalized spacial score (nSPS) is 13.5. The molecule has 0 fully saturated rings. The Bertz CT molecular complexity index is 1180. The summed E-state index contributed by atoms with van der Waals surface area (Å²) < 4.78 is 34.4. The van der Waals surface area contributed by atoms with Crippen LogP contribution in [0.25, 0.3) is 22.5 Å². The molecule has 2 aromatic carbocycles. The van der Waals surface area contributed by atoms with Gasteiger partial charge in [-0.25, -0.2) is 23.5 Å². The summed E-state index contributed by atoms with van der Waals surface area (Å²) in [6.07, 6.45) is 15.5. The molecule has 0 saturated heterocycles. The molecular weight excluding hydrogens is 530 g/mol. The Hall–Kier alpha value is -3.15. The summed E-state index contributed by atoms with van der Waals surface area (Å²) >= 11 is 0. The minimum absolute atomic E-state index is 0.166. The van der Waals surface area contributed by atoms with Gasteiger partial charge in [-0.3, -0.25) is 0 Å². The molecule has 0 N–H and O–H groups in total. The summed E-state index contributed by atoms with van der Waals surface area (Å²) in [4.78, 5) is 21.5. The van der Waals surface area contributed by atoms with Crippen LogP contribution >= 0.6 is 0 Å². The third-order valence-corrected chi connectivity index (χ3v) is 7.80. The van der Waals surface area contributed by atoms with E-state index in [1.807, 2.05) is 24.3 Å². The van der Waals surface area contributed by atoms with Crippen LogP contribution < -0.4 is 4.74 Å². The number of rotatable bonds is 19. The summed E-state index contributed by atoms with van der Waals surface area (Å²) in [6.45, 7) is 5.63. The number of nitrogens with zero attached hydrogens (tertiary/aromatic N) is 2. The quantitative estimate of drug-likeness (QED) is 0.0806. The number of hydrogen-bond acceptors (Lipinski definition) is 4. The van der Waals surface area contributed by atoms with Gasteiger partial charge in [-0.2, -0.15) is 0 Å². The van der Waals surface area contributed by atoms with Crippen molar-refractivity contribution in [2.24, 2.45) is 0 Å². The largest absolute Gasteiger partial charge is 0.424 e. The van der Waals surface area contributed by atoms with Gasteiger partial charge in [-0.1, -0.05) is 108 Å². The fourth-order valence-corrected chi connectivity index (χ4v) is 4.98. The van der Waals surface area contributed by atoms with Crippen molar-refractivity contribution < 1.29 is 18.3 Å². The third-order valence-electron chi connectivity index (χ3n) is 7.80. The second-order valence-electron chi connectivity index (χ2n) is 11.6. The Morgan fingerprint density at radius 1 is 0.762 bits per heavy atom. The molecule has 0 bridgehead atoms. The lowest BCUT2D eigenvalue weighted by atomic mass is 9.99. The molecule has 0 aliphatic carbocycles. The van der Waals surface area contributed by atoms with Crippen LogP contribution in [0.4, 0.5) is 8.78 Å². The van der Waals surface area contributed by atoms with E-state index in [4.69, 9.17) is 4.74 Å². The van der Waals surface area contributed by atoms with Crippen molar-refractivity contribution in [3.8, 4) is 28.3 Å². The molecule has 0 unspecified atom stereocenters. The minimum Gasteiger partial charge on any atom is -0.424 e. The lowest BCUT2D eigenvalue weighted by Crippen LogP contribution is -2.34. The first-order valence-electron chi connectivity index (χ1n) is 15.9. The molecule has 0 radical (unpaired) electrons. The SMILES string of the molecule is CCCCCCCC[C@](C)(F)C(=O)Oc1ccc(-c2cnc(-c3ccc(CC[C@@H](F)CCCCCC)cc3)nc2)cc1. The molecular formula is C36H48F2N2O2. The highest BCUT2D eigenvalue weighted by Crippen LogP contribution is 2.27. The van der Waals surface area contributed by atoms with Gasteiger partial charge in [0.05, 0.1) is 0 Å². The second kappa shape index (κ2) is 17.7. The number of hydrogen-bond donors (Lipinski definition) is 0. The number of benzene rings is 2. The summed E-state index contributed by atoms with van der Waals surface area (Å²) in [5.41, 5.74) is 1.69. The maximum atomic E-state index is 14.9. The van der Waals surface area contributed by atoms with Crippen molar-refractivity contribution in [2.75, 3.05) is 0 Å². The van der Waals surface area contributed by atoms with Crippen LogP contribution in [0.3, 0.4) is 0 Å². The van der Waals surface area contributed by atoms with E-state index in [2.05, 4.69) is 23.8 Å². The zero-order valence-corrected chi connectivity index (χ0v) is 25.7. The first kappa shape index (κ1) is 33.4. The molecule has 0 aliphatic rings. The zero-order valence-electron chi connectivity index (χ0n) is 25.7. The average Bonchev–Trinajstić information content (AvgIpc) is 3.01. The van der Waals surface area contributed by atoms with Gasteiger partial charge in [-0.05, 0) is 62.3 Å². The molecule has 0 amide bonds. The maximum Gasteiger partial charge on any atom is 0.348 e. The molecule has 42 heavy (non-hydrogen) atoms. The van der Waals surface area contributed by atoms with Gasteiger partial charge < -0.3 is 4.74 Å². The van der Waals surface area contributed by atoms with Crippen molar-refractivity contribution in [1.82, 2.24) is 9.97 Å². The Balaban J connectivity index is 1.48. The number of aromatic nitrogens is 2. The van der Waals surface area contributed by atoms with Gasteiger partial charge in [0.2, 0.25) is 5.67 Å². The molecule has 6 heteroatoms. The standard InChI is InChI=1S/C36H48F2N2O2/c1-4-6-8-10-11-13-25-36(3,38)35(41)42-33-23-20-29(21-24-33)31-26-39-34(40-27-31)30-18-15-28(16-19-30)17-22-32(37)14-12-9-7-5-2/h15-16,18-21,23-24,26-27,32H,4-14,17,22,25H2,1-3H3/t32-,36-/m0/s1. The number of unbranched alkanes of at least 4 members (excludes halogenated alkanes) is 8. The van der Waals surface area contributed by atoms with Crippen molar-refractivity contribution in [2.45, 2.75) is 123 Å². The number of esters is 1. The third kappa shape index (κ3) is 11.3. The van der Waals surface area contributed by atoms with Crippen molar-refractivity contribution in [3.63, 3.8) is 0 Å². The highest BCUT2D eigenvalue weighted by atomic mass is 19.1. The topological polar surface area (TPSA) is 52.1 Å². The summed E-state index contributed by atoms with van der Waals surface area (Å²) in [6, 6.07) is 14.9. The second-order valence-corrected chi connectivity index (χ2v) is 11.6. The highest BCUT2D eigenvalue weighted by Gasteiger charge is 2.34. The van der Waals surface area contributed by atoms with E-state index >= 15 is 0 Å². The lowest BCUT2D eigenvalue weighted by Gasteiger charge is -2.18. The molecule has 3 aromatic rings. The van der Waals surface area contributed by atoms with Gasteiger partial charge in [-0.15, -0.1) is 0 Å². The molecule has 0 aliphatic heterocycles. The van der Waals surface area contributed by atoms with Crippen LogP contribution in [0.5, 0.6) is 5.75 Å². The molecule has 0 saturated carbocycles. The van der Waals surface area contributed by atoms with Gasteiger partial charge in [0.1, 0.15) is 11.9 Å². The Morgan fingerprint density at radius 3 is 1.98 bits per heavy atom. The molecule has 4 nitrogen and oxygen atoms in total. The summed E-state index contributed by atoms with van der Waals surface area (Å²) in [5, 5.41) is 0. The number of carbonyl (C=O) groups excluding carboxylic acids is 1. The van der Waals surface area contributed by atoms with E-state index in [0.29, 0.717) is 30.8 Å². The summed E-state index contributed by atoms with van der Waals surface area (Å²) in [5.74, 6) is 0.0703. The number of carbonyl (C=O) groups is 1. The number of alkyl halides is 2. The van der Waals surface area contributed by atoms with Crippen LogP contribution in [-0.4, -0.2) is 27.8 Å². The molecule has 3 rings (SSSR count). The summed E-state index contributed by atoms with van der Waals surface area (Å²) in [7, 11) is 0. The van der Waals surface area contributed by atoms with E-state index in [1.165, 1.54) is 32.6 Å². The molecule has 2 atom stereocenters. The van der Waals surface area contributed by atoms with Crippen molar-refractivity contribution >= 4 is 5.97 Å². The van der Waals surface area contributed by atoms with E-state index < -0.39 is 17.8 Å². The fourth-order valence-electron chi connectivity index (χ4n) is 4.98. The van der Waals surface area contributed by atoms with Gasteiger partial charge in [0.25, 0.3) is 0 Å². The Morgan fingerprint density at radius 2 is 1.33 bits per heavy atom. The molecule has 0 spiro atoms. The fraction of sp³-hybridized carbons (Fsp3) is 0.528. The average molecular weight is 579 g/mol. The molecule has 228 valence electrons. The number of ether oxygens (including phenoxy) is 1. The Kier molecular flexibility index (Phi) is 14.1. The first-order chi connectivity index (χ1) is 20.3. The minimum atomic E-state index is -2.01. The van der Waals surface area contributed by atoms with Crippen molar-refractivity contribution in [3.05, 3.63) is 66.5 Å².